The quantitative estimate of drug-likeness (QED) is 0.268. The highest BCUT2D eigenvalue weighted by Gasteiger charge is 2.34. The minimum Gasteiger partial charge on any atom is -0.376 e. The first-order valence-corrected chi connectivity index (χ1v) is 10.6. The maximum absolute atomic E-state index is 12.6. The molecule has 0 radical (unpaired) electrons. The number of hydrogen-bond acceptors (Lipinski definition) is 4. The molecule has 0 aliphatic carbocycles. The number of ether oxygens (including phenoxy) is 1. The van der Waals surface area contributed by atoms with Gasteiger partial charge in [0.2, 0.25) is 0 Å². The Balaban J connectivity index is 0.00000363. The molecule has 2 unspecified atom stereocenters. The zero-order valence-corrected chi connectivity index (χ0v) is 20.4. The topological polar surface area (TPSA) is 78.0 Å². The molecule has 2 saturated heterocycles. The number of likely N-dealkylation sites (tertiary alicyclic amines) is 1. The van der Waals surface area contributed by atoms with Gasteiger partial charge in [0.1, 0.15) is 0 Å². The van der Waals surface area contributed by atoms with Gasteiger partial charge in [0.25, 0.3) is 5.91 Å². The van der Waals surface area contributed by atoms with E-state index in [1.807, 2.05) is 18.2 Å². The second-order valence-corrected chi connectivity index (χ2v) is 7.95. The van der Waals surface area contributed by atoms with Gasteiger partial charge in [-0.1, -0.05) is 12.1 Å². The number of aliphatic imine (C=N–C) groups is 1. The second-order valence-electron chi connectivity index (χ2n) is 7.95. The molecule has 1 aromatic carbocycles. The Morgan fingerprint density at radius 2 is 2.09 bits per heavy atom. The van der Waals surface area contributed by atoms with Gasteiger partial charge in [-0.2, -0.15) is 13.2 Å². The van der Waals surface area contributed by atoms with Crippen molar-refractivity contribution in [2.45, 2.75) is 44.1 Å². The van der Waals surface area contributed by atoms with E-state index in [4.69, 9.17) is 4.74 Å². The van der Waals surface area contributed by atoms with Crippen molar-refractivity contribution < 1.29 is 22.7 Å². The number of amides is 1. The normalized spacial score (nSPS) is 21.8. The maximum Gasteiger partial charge on any atom is 0.401 e. The predicted octanol–water partition coefficient (Wildman–Crippen LogP) is 2.52. The number of carbonyl (C=O) groups is 1. The van der Waals surface area contributed by atoms with Gasteiger partial charge in [-0.15, -0.1) is 24.0 Å². The number of benzene rings is 1. The lowest BCUT2D eigenvalue weighted by atomic mass is 10.1. The molecule has 7 nitrogen and oxygen atoms in total. The van der Waals surface area contributed by atoms with Gasteiger partial charge < -0.3 is 20.7 Å². The molecule has 0 saturated carbocycles. The summed E-state index contributed by atoms with van der Waals surface area (Å²) in [6.45, 7) is 1.52. The first kappa shape index (κ1) is 26.7. The van der Waals surface area contributed by atoms with Crippen molar-refractivity contribution >= 4 is 35.8 Å². The third-order valence-corrected chi connectivity index (χ3v) is 5.40. The van der Waals surface area contributed by atoms with Crippen LogP contribution >= 0.6 is 24.0 Å². The van der Waals surface area contributed by atoms with Crippen LogP contribution in [0.25, 0.3) is 0 Å². The lowest BCUT2D eigenvalue weighted by Crippen LogP contribution is -2.44. The molecule has 32 heavy (non-hydrogen) atoms. The minimum atomic E-state index is -4.18. The second kappa shape index (κ2) is 12.6. The highest BCUT2D eigenvalue weighted by Crippen LogP contribution is 2.20. The average molecular weight is 569 g/mol. The molecule has 2 heterocycles. The Kier molecular flexibility index (Phi) is 10.5. The number of halogens is 4. The predicted molar refractivity (Wildman–Crippen MR) is 127 cm³/mol. The minimum absolute atomic E-state index is 0. The molecule has 0 bridgehead atoms. The van der Waals surface area contributed by atoms with Crippen molar-refractivity contribution in [3.05, 3.63) is 35.4 Å². The standard InChI is InChI=1S/C21H30F3N5O2.HI/c1-25-20(28-17-7-8-29(13-17)14-21(22,23)24)27-11-15-4-2-5-16(10-15)19(30)26-12-18-6-3-9-31-18;/h2,4-5,10,17-18H,3,6-9,11-14H2,1H3,(H,26,30)(H2,25,27,28);1H. The fourth-order valence-corrected chi connectivity index (χ4v) is 3.86. The van der Waals surface area contributed by atoms with Crippen molar-refractivity contribution in [1.29, 1.82) is 0 Å². The number of nitrogens with one attached hydrogen (secondary N) is 3. The average Bonchev–Trinajstić information content (AvgIpc) is 3.40. The van der Waals surface area contributed by atoms with Crippen LogP contribution in [0.3, 0.4) is 0 Å². The Hall–Kier alpha value is -1.60. The molecule has 2 atom stereocenters. The summed E-state index contributed by atoms with van der Waals surface area (Å²) >= 11 is 0. The number of carbonyl (C=O) groups excluding carboxylic acids is 1. The van der Waals surface area contributed by atoms with Gasteiger partial charge in [0, 0.05) is 51.4 Å². The van der Waals surface area contributed by atoms with Gasteiger partial charge in [-0.3, -0.25) is 14.7 Å². The van der Waals surface area contributed by atoms with E-state index in [9.17, 15) is 18.0 Å². The van der Waals surface area contributed by atoms with E-state index in [-0.39, 0.29) is 42.0 Å². The van der Waals surface area contributed by atoms with Gasteiger partial charge >= 0.3 is 6.18 Å². The summed E-state index contributed by atoms with van der Waals surface area (Å²) in [6, 6.07) is 7.20. The molecular formula is C21H31F3IN5O2. The van der Waals surface area contributed by atoms with Gasteiger partial charge in [-0.05, 0) is 37.0 Å². The van der Waals surface area contributed by atoms with Crippen molar-refractivity contribution in [1.82, 2.24) is 20.9 Å². The SMILES string of the molecule is CN=C(NCc1cccc(C(=O)NCC2CCCO2)c1)NC1CCN(CC(F)(F)F)C1.I. The van der Waals surface area contributed by atoms with E-state index in [1.54, 1.807) is 13.1 Å². The summed E-state index contributed by atoms with van der Waals surface area (Å²) in [5.41, 5.74) is 1.47. The van der Waals surface area contributed by atoms with Crippen LogP contribution in [-0.2, 0) is 11.3 Å². The molecule has 180 valence electrons. The number of nitrogens with zero attached hydrogens (tertiary/aromatic N) is 2. The smallest absolute Gasteiger partial charge is 0.376 e. The molecule has 0 spiro atoms. The number of hydrogen-bond donors (Lipinski definition) is 3. The third-order valence-electron chi connectivity index (χ3n) is 5.40. The Morgan fingerprint density at radius 1 is 1.28 bits per heavy atom. The molecule has 11 heteroatoms. The van der Waals surface area contributed by atoms with Crippen molar-refractivity contribution in [3.8, 4) is 0 Å². The lowest BCUT2D eigenvalue weighted by molar-refractivity contribution is -0.143. The molecule has 3 rings (SSSR count). The first-order chi connectivity index (χ1) is 14.8. The van der Waals surface area contributed by atoms with Gasteiger partial charge in [0.05, 0.1) is 12.6 Å². The largest absolute Gasteiger partial charge is 0.401 e. The summed E-state index contributed by atoms with van der Waals surface area (Å²) in [7, 11) is 1.62. The number of alkyl halides is 3. The highest BCUT2D eigenvalue weighted by atomic mass is 127. The molecule has 2 aliphatic rings. The summed E-state index contributed by atoms with van der Waals surface area (Å²) in [6.07, 6.45) is -1.48. The molecule has 1 aromatic rings. The van der Waals surface area contributed by atoms with E-state index < -0.39 is 12.7 Å². The van der Waals surface area contributed by atoms with Crippen LogP contribution in [0.4, 0.5) is 13.2 Å². The van der Waals surface area contributed by atoms with Crippen LogP contribution in [0.1, 0.15) is 35.2 Å². The van der Waals surface area contributed by atoms with E-state index in [0.29, 0.717) is 44.1 Å². The Bertz CT molecular complexity index is 772. The monoisotopic (exact) mass is 569 g/mol. The molecular weight excluding hydrogens is 538 g/mol. The lowest BCUT2D eigenvalue weighted by Gasteiger charge is -2.20. The van der Waals surface area contributed by atoms with Crippen LogP contribution in [0.5, 0.6) is 0 Å². The van der Waals surface area contributed by atoms with Crippen LogP contribution in [0, 0.1) is 0 Å². The Morgan fingerprint density at radius 3 is 2.78 bits per heavy atom. The van der Waals surface area contributed by atoms with Gasteiger partial charge in [-0.25, -0.2) is 0 Å². The zero-order chi connectivity index (χ0) is 22.3. The van der Waals surface area contributed by atoms with Crippen LogP contribution < -0.4 is 16.0 Å². The molecule has 1 amide bonds. The third kappa shape index (κ3) is 8.74. The van der Waals surface area contributed by atoms with Crippen molar-refractivity contribution in [2.24, 2.45) is 4.99 Å². The van der Waals surface area contributed by atoms with E-state index in [0.717, 1.165) is 25.0 Å². The van der Waals surface area contributed by atoms with Crippen LogP contribution in [0.15, 0.2) is 29.3 Å². The first-order valence-electron chi connectivity index (χ1n) is 10.6. The van der Waals surface area contributed by atoms with Crippen molar-refractivity contribution in [3.63, 3.8) is 0 Å². The van der Waals surface area contributed by atoms with E-state index >= 15 is 0 Å². The number of rotatable bonds is 7. The summed E-state index contributed by atoms with van der Waals surface area (Å²) in [5.74, 6) is 0.377. The summed E-state index contributed by atoms with van der Waals surface area (Å²) in [4.78, 5) is 18.0. The van der Waals surface area contributed by atoms with E-state index in [2.05, 4.69) is 20.9 Å². The molecule has 0 aromatic heterocycles. The molecule has 3 N–H and O–H groups in total. The maximum atomic E-state index is 12.6. The van der Waals surface area contributed by atoms with Gasteiger partial charge in [0.15, 0.2) is 5.96 Å². The summed E-state index contributed by atoms with van der Waals surface area (Å²) < 4.78 is 43.2. The highest BCUT2D eigenvalue weighted by molar-refractivity contribution is 14.0. The fourth-order valence-electron chi connectivity index (χ4n) is 3.86. The van der Waals surface area contributed by atoms with Crippen LogP contribution in [-0.4, -0.2) is 74.9 Å². The Labute approximate surface area is 203 Å². The van der Waals surface area contributed by atoms with E-state index in [1.165, 1.54) is 4.90 Å². The number of guanidine groups is 1. The summed E-state index contributed by atoms with van der Waals surface area (Å²) in [5, 5.41) is 9.25. The molecule has 2 aliphatic heterocycles. The van der Waals surface area contributed by atoms with Crippen molar-refractivity contribution in [2.75, 3.05) is 39.8 Å². The molecule has 2 fully saturated rings. The fraction of sp³-hybridized carbons (Fsp3) is 0.619. The van der Waals surface area contributed by atoms with Crippen LogP contribution in [0.2, 0.25) is 0 Å². The zero-order valence-electron chi connectivity index (χ0n) is 18.1.